The molecule has 0 fully saturated rings. The van der Waals surface area contributed by atoms with E-state index >= 15 is 0 Å². The normalized spacial score (nSPS) is 14.1. The Hall–Kier alpha value is -1.86. The van der Waals surface area contributed by atoms with Crippen LogP contribution in [-0.4, -0.2) is 45.0 Å². The fourth-order valence-electron chi connectivity index (χ4n) is 1.24. The van der Waals surface area contributed by atoms with E-state index in [4.69, 9.17) is 5.11 Å². The van der Waals surface area contributed by atoms with Crippen molar-refractivity contribution in [1.82, 2.24) is 4.98 Å². The number of aliphatic hydroxyl groups is 2. The topological polar surface area (TPSA) is 120 Å². The molecule has 17 heavy (non-hydrogen) atoms. The zero-order valence-electron chi connectivity index (χ0n) is 9.08. The number of aromatic amines is 1. The van der Waals surface area contributed by atoms with Crippen molar-refractivity contribution in [2.75, 3.05) is 6.61 Å². The second-order valence-electron chi connectivity index (χ2n) is 3.29. The third-order valence-electron chi connectivity index (χ3n) is 2.10. The SMILES string of the molecule is CCOC(=O)C(O)C(O)c1c[nH]c(C(=O)O)c1. The molecule has 7 heteroatoms. The van der Waals surface area contributed by atoms with Crippen molar-refractivity contribution in [3.8, 4) is 0 Å². The number of hydrogen-bond acceptors (Lipinski definition) is 5. The molecular weight excluding hydrogens is 230 g/mol. The van der Waals surface area contributed by atoms with Crippen molar-refractivity contribution >= 4 is 11.9 Å². The zero-order valence-corrected chi connectivity index (χ0v) is 9.08. The number of carboxylic acid groups (broad SMARTS) is 1. The number of ether oxygens (including phenoxy) is 1. The van der Waals surface area contributed by atoms with Crippen molar-refractivity contribution in [1.29, 1.82) is 0 Å². The molecule has 0 saturated heterocycles. The number of aromatic nitrogens is 1. The van der Waals surface area contributed by atoms with Gasteiger partial charge in [0.15, 0.2) is 6.10 Å². The van der Waals surface area contributed by atoms with Gasteiger partial charge in [-0.1, -0.05) is 0 Å². The molecule has 4 N–H and O–H groups in total. The number of aromatic carboxylic acids is 1. The van der Waals surface area contributed by atoms with Gasteiger partial charge in [0.1, 0.15) is 11.8 Å². The van der Waals surface area contributed by atoms with Gasteiger partial charge in [-0.2, -0.15) is 0 Å². The largest absolute Gasteiger partial charge is 0.477 e. The lowest BCUT2D eigenvalue weighted by Gasteiger charge is -2.14. The maximum Gasteiger partial charge on any atom is 0.352 e. The van der Waals surface area contributed by atoms with Crippen molar-refractivity contribution in [3.63, 3.8) is 0 Å². The van der Waals surface area contributed by atoms with Gasteiger partial charge in [0, 0.05) is 11.8 Å². The molecule has 0 bridgehead atoms. The summed E-state index contributed by atoms with van der Waals surface area (Å²) in [4.78, 5) is 24.1. The molecule has 1 rings (SSSR count). The van der Waals surface area contributed by atoms with E-state index in [2.05, 4.69) is 9.72 Å². The molecule has 0 aliphatic rings. The summed E-state index contributed by atoms with van der Waals surface area (Å²) in [6.07, 6.45) is -2.07. The number of hydrogen-bond donors (Lipinski definition) is 4. The number of carbonyl (C=O) groups excluding carboxylic acids is 1. The summed E-state index contributed by atoms with van der Waals surface area (Å²) in [6.45, 7) is 1.64. The highest BCUT2D eigenvalue weighted by molar-refractivity contribution is 5.85. The monoisotopic (exact) mass is 243 g/mol. The van der Waals surface area contributed by atoms with Crippen LogP contribution in [-0.2, 0) is 9.53 Å². The molecule has 0 amide bonds. The van der Waals surface area contributed by atoms with Crippen LogP contribution in [0.3, 0.4) is 0 Å². The third kappa shape index (κ3) is 3.05. The summed E-state index contributed by atoms with van der Waals surface area (Å²) < 4.78 is 4.53. The average Bonchev–Trinajstić information content (AvgIpc) is 2.76. The van der Waals surface area contributed by atoms with Gasteiger partial charge in [-0.3, -0.25) is 0 Å². The minimum atomic E-state index is -1.74. The molecule has 0 aromatic carbocycles. The first-order valence-electron chi connectivity index (χ1n) is 4.91. The van der Waals surface area contributed by atoms with E-state index in [1.54, 1.807) is 6.92 Å². The van der Waals surface area contributed by atoms with Crippen LogP contribution < -0.4 is 0 Å². The average molecular weight is 243 g/mol. The molecule has 0 saturated carbocycles. The maximum atomic E-state index is 11.1. The molecule has 0 aliphatic carbocycles. The number of aliphatic hydroxyl groups excluding tert-OH is 2. The van der Waals surface area contributed by atoms with Gasteiger partial charge < -0.3 is 25.0 Å². The second kappa shape index (κ2) is 5.46. The predicted molar refractivity (Wildman–Crippen MR) is 55.4 cm³/mol. The highest BCUT2D eigenvalue weighted by Crippen LogP contribution is 2.18. The van der Waals surface area contributed by atoms with Gasteiger partial charge in [0.2, 0.25) is 0 Å². The van der Waals surface area contributed by atoms with Crippen LogP contribution in [0.15, 0.2) is 12.3 Å². The summed E-state index contributed by atoms with van der Waals surface area (Å²) in [7, 11) is 0. The van der Waals surface area contributed by atoms with Crippen LogP contribution in [0.1, 0.15) is 29.1 Å². The van der Waals surface area contributed by atoms with Gasteiger partial charge in [-0.05, 0) is 13.0 Å². The standard InChI is InChI=1S/C10H13NO6/c1-2-17-10(16)8(13)7(12)5-3-6(9(14)15)11-4-5/h3-4,7-8,11-13H,2H2,1H3,(H,14,15). The molecule has 7 nitrogen and oxygen atoms in total. The number of carboxylic acids is 1. The number of rotatable bonds is 5. The highest BCUT2D eigenvalue weighted by Gasteiger charge is 2.28. The van der Waals surface area contributed by atoms with E-state index in [1.165, 1.54) is 6.20 Å². The van der Waals surface area contributed by atoms with Gasteiger partial charge in [0.05, 0.1) is 6.61 Å². The number of nitrogens with one attached hydrogen (secondary N) is 1. The van der Waals surface area contributed by atoms with E-state index in [1.807, 2.05) is 0 Å². The van der Waals surface area contributed by atoms with Crippen molar-refractivity contribution in [3.05, 3.63) is 23.5 Å². The van der Waals surface area contributed by atoms with Gasteiger partial charge in [0.25, 0.3) is 0 Å². The van der Waals surface area contributed by atoms with Gasteiger partial charge in [-0.25, -0.2) is 9.59 Å². The van der Waals surface area contributed by atoms with Gasteiger partial charge >= 0.3 is 11.9 Å². The Bertz CT molecular complexity index is 413. The van der Waals surface area contributed by atoms with E-state index in [0.717, 1.165) is 6.07 Å². The van der Waals surface area contributed by atoms with Crippen LogP contribution >= 0.6 is 0 Å². The van der Waals surface area contributed by atoms with Crippen molar-refractivity contribution in [2.24, 2.45) is 0 Å². The number of H-pyrrole nitrogens is 1. The van der Waals surface area contributed by atoms with Gasteiger partial charge in [-0.15, -0.1) is 0 Å². The smallest absolute Gasteiger partial charge is 0.352 e. The molecule has 0 spiro atoms. The first-order chi connectivity index (χ1) is 7.97. The first-order valence-corrected chi connectivity index (χ1v) is 4.91. The van der Waals surface area contributed by atoms with Crippen molar-refractivity contribution in [2.45, 2.75) is 19.1 Å². The highest BCUT2D eigenvalue weighted by atomic mass is 16.5. The van der Waals surface area contributed by atoms with Crippen LogP contribution in [0, 0.1) is 0 Å². The first kappa shape index (κ1) is 13.2. The minimum absolute atomic E-state index is 0.0795. The van der Waals surface area contributed by atoms with E-state index in [9.17, 15) is 19.8 Å². The van der Waals surface area contributed by atoms with Crippen molar-refractivity contribution < 1.29 is 29.6 Å². The Balaban J connectivity index is 2.77. The molecule has 94 valence electrons. The molecule has 2 unspecified atom stereocenters. The molecular formula is C10H13NO6. The van der Waals surface area contributed by atoms with E-state index in [-0.39, 0.29) is 17.9 Å². The summed E-state index contributed by atoms with van der Waals surface area (Å²) in [5, 5.41) is 27.7. The minimum Gasteiger partial charge on any atom is -0.477 e. The summed E-state index contributed by atoms with van der Waals surface area (Å²) in [5.41, 5.74) is -0.0435. The summed E-state index contributed by atoms with van der Waals surface area (Å²) in [5.74, 6) is -2.16. The molecule has 1 heterocycles. The van der Waals surface area contributed by atoms with E-state index in [0.29, 0.717) is 0 Å². The quantitative estimate of drug-likeness (QED) is 0.525. The second-order valence-corrected chi connectivity index (χ2v) is 3.29. The lowest BCUT2D eigenvalue weighted by molar-refractivity contribution is -0.159. The third-order valence-corrected chi connectivity index (χ3v) is 2.10. The molecule has 0 radical (unpaired) electrons. The molecule has 2 atom stereocenters. The van der Waals surface area contributed by atoms with E-state index < -0.39 is 24.1 Å². The van der Waals surface area contributed by atoms with Crippen LogP contribution in [0.2, 0.25) is 0 Å². The Morgan fingerprint density at radius 2 is 2.12 bits per heavy atom. The Kier molecular flexibility index (Phi) is 4.24. The maximum absolute atomic E-state index is 11.1. The molecule has 1 aromatic rings. The Morgan fingerprint density at radius 1 is 1.47 bits per heavy atom. The zero-order chi connectivity index (χ0) is 13.0. The van der Waals surface area contributed by atoms with Crippen LogP contribution in [0.4, 0.5) is 0 Å². The Morgan fingerprint density at radius 3 is 2.59 bits per heavy atom. The Labute approximate surface area is 96.6 Å². The van der Waals surface area contributed by atoms with Crippen LogP contribution in [0.25, 0.3) is 0 Å². The number of esters is 1. The fourth-order valence-corrected chi connectivity index (χ4v) is 1.24. The van der Waals surface area contributed by atoms with Crippen LogP contribution in [0.5, 0.6) is 0 Å². The fraction of sp³-hybridized carbons (Fsp3) is 0.400. The molecule has 0 aliphatic heterocycles. The summed E-state index contributed by atoms with van der Waals surface area (Å²) >= 11 is 0. The molecule has 1 aromatic heterocycles. The lowest BCUT2D eigenvalue weighted by Crippen LogP contribution is -2.29. The lowest BCUT2D eigenvalue weighted by atomic mass is 10.1. The predicted octanol–water partition coefficient (Wildman–Crippen LogP) is -0.330. The number of carbonyl (C=O) groups is 2. The summed E-state index contributed by atoms with van der Waals surface area (Å²) in [6, 6.07) is 1.13.